The monoisotopic (exact) mass is 255 g/mol. The number of carbonyl (C=O) groups is 1. The average Bonchev–Trinajstić information content (AvgIpc) is 2.37. The average molecular weight is 255 g/mol. The van der Waals surface area contributed by atoms with Crippen LogP contribution in [0.2, 0.25) is 0 Å². The summed E-state index contributed by atoms with van der Waals surface area (Å²) in [5, 5.41) is 5.50. The largest absolute Gasteiger partial charge is 0.397 e. The lowest BCUT2D eigenvalue weighted by atomic mass is 10.1. The van der Waals surface area contributed by atoms with E-state index in [-0.39, 0.29) is 6.03 Å². The number of aryl methyl sites for hydroxylation is 2. The number of para-hydroxylation sites is 1. The van der Waals surface area contributed by atoms with E-state index < -0.39 is 0 Å². The van der Waals surface area contributed by atoms with E-state index in [4.69, 9.17) is 5.73 Å². The van der Waals surface area contributed by atoms with E-state index in [2.05, 4.69) is 10.6 Å². The van der Waals surface area contributed by atoms with Gasteiger partial charge in [0.1, 0.15) is 0 Å². The van der Waals surface area contributed by atoms with Gasteiger partial charge in [-0.05, 0) is 49.2 Å². The van der Waals surface area contributed by atoms with Crippen molar-refractivity contribution < 1.29 is 4.79 Å². The Morgan fingerprint density at radius 3 is 2.32 bits per heavy atom. The van der Waals surface area contributed by atoms with E-state index in [1.54, 1.807) is 0 Å². The predicted molar refractivity (Wildman–Crippen MR) is 79.4 cm³/mol. The third kappa shape index (κ3) is 3.25. The van der Waals surface area contributed by atoms with Gasteiger partial charge >= 0.3 is 6.03 Å². The number of hydrogen-bond donors (Lipinski definition) is 3. The van der Waals surface area contributed by atoms with Crippen LogP contribution in [0.15, 0.2) is 42.5 Å². The van der Waals surface area contributed by atoms with Crippen LogP contribution in [0.1, 0.15) is 11.1 Å². The van der Waals surface area contributed by atoms with Crippen molar-refractivity contribution in [1.82, 2.24) is 0 Å². The fraction of sp³-hybridized carbons (Fsp3) is 0.133. The zero-order valence-electron chi connectivity index (χ0n) is 11.0. The van der Waals surface area contributed by atoms with Crippen molar-refractivity contribution in [2.45, 2.75) is 13.8 Å². The molecular formula is C15H17N3O. The molecule has 0 heterocycles. The number of hydrogen-bond acceptors (Lipinski definition) is 2. The molecule has 0 aliphatic rings. The molecule has 0 bridgehead atoms. The molecule has 0 radical (unpaired) electrons. The van der Waals surface area contributed by atoms with Gasteiger partial charge in [0.2, 0.25) is 0 Å². The second kappa shape index (κ2) is 5.44. The van der Waals surface area contributed by atoms with Crippen molar-refractivity contribution in [3.63, 3.8) is 0 Å². The number of anilines is 3. The van der Waals surface area contributed by atoms with Crippen LogP contribution in [0.4, 0.5) is 21.9 Å². The van der Waals surface area contributed by atoms with Crippen LogP contribution in [0, 0.1) is 13.8 Å². The Bertz CT molecular complexity index is 594. The Hall–Kier alpha value is -2.49. The van der Waals surface area contributed by atoms with Crippen LogP contribution < -0.4 is 16.4 Å². The maximum atomic E-state index is 11.9. The highest BCUT2D eigenvalue weighted by Crippen LogP contribution is 2.23. The van der Waals surface area contributed by atoms with E-state index in [0.29, 0.717) is 11.4 Å². The Balaban J connectivity index is 2.09. The van der Waals surface area contributed by atoms with Crippen molar-refractivity contribution in [3.05, 3.63) is 53.6 Å². The SMILES string of the molecule is Cc1cc(N)c(NC(=O)Nc2ccccc2)cc1C. The second-order valence-electron chi connectivity index (χ2n) is 4.47. The highest BCUT2D eigenvalue weighted by molar-refractivity contribution is 6.01. The number of rotatable bonds is 2. The van der Waals surface area contributed by atoms with E-state index in [1.807, 2.05) is 56.3 Å². The lowest BCUT2D eigenvalue weighted by Gasteiger charge is -2.12. The first-order valence-corrected chi connectivity index (χ1v) is 6.06. The molecule has 19 heavy (non-hydrogen) atoms. The van der Waals surface area contributed by atoms with Gasteiger partial charge in [-0.15, -0.1) is 0 Å². The van der Waals surface area contributed by atoms with Crippen LogP contribution in [-0.2, 0) is 0 Å². The summed E-state index contributed by atoms with van der Waals surface area (Å²) in [4.78, 5) is 11.9. The van der Waals surface area contributed by atoms with Crippen LogP contribution in [0.5, 0.6) is 0 Å². The molecule has 0 unspecified atom stereocenters. The molecule has 0 spiro atoms. The van der Waals surface area contributed by atoms with Gasteiger partial charge in [-0.25, -0.2) is 4.79 Å². The zero-order chi connectivity index (χ0) is 13.8. The van der Waals surface area contributed by atoms with Gasteiger partial charge in [-0.3, -0.25) is 0 Å². The molecule has 0 saturated heterocycles. The van der Waals surface area contributed by atoms with Crippen molar-refractivity contribution >= 4 is 23.1 Å². The minimum absolute atomic E-state index is 0.304. The second-order valence-corrected chi connectivity index (χ2v) is 4.47. The minimum Gasteiger partial charge on any atom is -0.397 e. The molecule has 0 aliphatic carbocycles. The summed E-state index contributed by atoms with van der Waals surface area (Å²) in [6, 6.07) is 12.7. The predicted octanol–water partition coefficient (Wildman–Crippen LogP) is 3.53. The van der Waals surface area contributed by atoms with Crippen molar-refractivity contribution in [2.75, 3.05) is 16.4 Å². The van der Waals surface area contributed by atoms with Crippen molar-refractivity contribution in [2.24, 2.45) is 0 Å². The van der Waals surface area contributed by atoms with Crippen LogP contribution >= 0.6 is 0 Å². The van der Waals surface area contributed by atoms with Gasteiger partial charge in [0.25, 0.3) is 0 Å². The molecule has 0 atom stereocenters. The van der Waals surface area contributed by atoms with Crippen LogP contribution in [0.3, 0.4) is 0 Å². The molecular weight excluding hydrogens is 238 g/mol. The number of nitrogens with one attached hydrogen (secondary N) is 2. The lowest BCUT2D eigenvalue weighted by Crippen LogP contribution is -2.20. The van der Waals surface area contributed by atoms with E-state index in [0.717, 1.165) is 16.8 Å². The summed E-state index contributed by atoms with van der Waals surface area (Å²) in [5.41, 5.74) is 10.0. The summed E-state index contributed by atoms with van der Waals surface area (Å²) in [6.45, 7) is 3.97. The van der Waals surface area contributed by atoms with Gasteiger partial charge in [0.15, 0.2) is 0 Å². The number of urea groups is 1. The number of benzene rings is 2. The molecule has 4 N–H and O–H groups in total. The number of nitrogens with two attached hydrogens (primary N) is 1. The van der Waals surface area contributed by atoms with E-state index in [9.17, 15) is 4.79 Å². The van der Waals surface area contributed by atoms with Gasteiger partial charge in [-0.1, -0.05) is 18.2 Å². The van der Waals surface area contributed by atoms with Crippen molar-refractivity contribution in [3.8, 4) is 0 Å². The zero-order valence-corrected chi connectivity index (χ0v) is 11.0. The van der Waals surface area contributed by atoms with Crippen LogP contribution in [-0.4, -0.2) is 6.03 Å². The molecule has 2 aromatic rings. The quantitative estimate of drug-likeness (QED) is 0.719. The fourth-order valence-electron chi connectivity index (χ4n) is 1.75. The summed E-state index contributed by atoms with van der Waals surface area (Å²) in [6.07, 6.45) is 0. The van der Waals surface area contributed by atoms with Gasteiger partial charge in [0.05, 0.1) is 11.4 Å². The fourth-order valence-corrected chi connectivity index (χ4v) is 1.75. The molecule has 0 aromatic heterocycles. The molecule has 0 saturated carbocycles. The molecule has 2 amide bonds. The third-order valence-corrected chi connectivity index (χ3v) is 2.95. The van der Waals surface area contributed by atoms with Crippen LogP contribution in [0.25, 0.3) is 0 Å². The first-order valence-electron chi connectivity index (χ1n) is 6.06. The van der Waals surface area contributed by atoms with Gasteiger partial charge in [0, 0.05) is 5.69 Å². The Morgan fingerprint density at radius 2 is 1.63 bits per heavy atom. The summed E-state index contributed by atoms with van der Waals surface area (Å²) in [5.74, 6) is 0. The highest BCUT2D eigenvalue weighted by atomic mass is 16.2. The number of nitrogen functional groups attached to an aromatic ring is 1. The molecule has 4 heteroatoms. The molecule has 2 aromatic carbocycles. The highest BCUT2D eigenvalue weighted by Gasteiger charge is 2.07. The maximum Gasteiger partial charge on any atom is 0.323 e. The molecule has 0 fully saturated rings. The van der Waals surface area contributed by atoms with Gasteiger partial charge < -0.3 is 16.4 Å². The minimum atomic E-state index is -0.304. The summed E-state index contributed by atoms with van der Waals surface area (Å²) >= 11 is 0. The van der Waals surface area contributed by atoms with E-state index in [1.165, 1.54) is 0 Å². The normalized spacial score (nSPS) is 10.0. The first-order chi connectivity index (χ1) is 9.06. The smallest absolute Gasteiger partial charge is 0.323 e. The molecule has 4 nitrogen and oxygen atoms in total. The Morgan fingerprint density at radius 1 is 1.00 bits per heavy atom. The number of carbonyl (C=O) groups excluding carboxylic acids is 1. The standard InChI is InChI=1S/C15H17N3O/c1-10-8-13(16)14(9-11(10)2)18-15(19)17-12-6-4-3-5-7-12/h3-9H,16H2,1-2H3,(H2,17,18,19). The lowest BCUT2D eigenvalue weighted by molar-refractivity contribution is 0.262. The van der Waals surface area contributed by atoms with Crippen molar-refractivity contribution in [1.29, 1.82) is 0 Å². The third-order valence-electron chi connectivity index (χ3n) is 2.95. The van der Waals surface area contributed by atoms with E-state index >= 15 is 0 Å². The summed E-state index contributed by atoms with van der Waals surface area (Å²) in [7, 11) is 0. The molecule has 0 aliphatic heterocycles. The number of amides is 2. The maximum absolute atomic E-state index is 11.9. The molecule has 2 rings (SSSR count). The van der Waals surface area contributed by atoms with Gasteiger partial charge in [-0.2, -0.15) is 0 Å². The first kappa shape index (κ1) is 13.0. The Labute approximate surface area is 112 Å². The molecule has 98 valence electrons. The Kier molecular flexibility index (Phi) is 3.71. The summed E-state index contributed by atoms with van der Waals surface area (Å²) < 4.78 is 0. The topological polar surface area (TPSA) is 67.1 Å².